The first-order chi connectivity index (χ1) is 8.72. The summed E-state index contributed by atoms with van der Waals surface area (Å²) >= 11 is 0. The lowest BCUT2D eigenvalue weighted by atomic mass is 10.2. The molecule has 0 aliphatic carbocycles. The molecule has 5 heteroatoms. The Morgan fingerprint density at radius 2 is 2.28 bits per heavy atom. The van der Waals surface area contributed by atoms with Crippen molar-refractivity contribution in [2.45, 2.75) is 32.7 Å². The molecule has 2 aromatic heterocycles. The van der Waals surface area contributed by atoms with E-state index in [1.807, 2.05) is 22.7 Å². The molecule has 0 atom stereocenters. The third-order valence-corrected chi connectivity index (χ3v) is 2.77. The zero-order chi connectivity index (χ0) is 13.0. The van der Waals surface area contributed by atoms with Crippen molar-refractivity contribution in [3.63, 3.8) is 0 Å². The highest BCUT2D eigenvalue weighted by molar-refractivity contribution is 5.89. The molecule has 0 unspecified atom stereocenters. The fraction of sp³-hybridized carbons (Fsp3) is 0.385. The molecule has 0 aromatic carbocycles. The van der Waals surface area contributed by atoms with Gasteiger partial charge in [0.05, 0.1) is 6.20 Å². The van der Waals surface area contributed by atoms with E-state index in [0.29, 0.717) is 18.8 Å². The second-order valence-electron chi connectivity index (χ2n) is 4.28. The molecule has 0 radical (unpaired) electrons. The van der Waals surface area contributed by atoms with Crippen molar-refractivity contribution in [2.24, 2.45) is 5.73 Å². The maximum Gasteiger partial charge on any atom is 0.225 e. The minimum absolute atomic E-state index is 0.0132. The molecule has 2 heterocycles. The zero-order valence-electron chi connectivity index (χ0n) is 10.5. The number of anilines is 1. The Hall–Kier alpha value is -1.88. The smallest absolute Gasteiger partial charge is 0.225 e. The van der Waals surface area contributed by atoms with E-state index in [0.717, 1.165) is 24.1 Å². The van der Waals surface area contributed by atoms with Crippen LogP contribution < -0.4 is 11.1 Å². The molecular weight excluding hydrogens is 228 g/mol. The summed E-state index contributed by atoms with van der Waals surface area (Å²) in [5.41, 5.74) is 7.41. The zero-order valence-corrected chi connectivity index (χ0v) is 10.5. The van der Waals surface area contributed by atoms with E-state index >= 15 is 0 Å². The normalized spacial score (nSPS) is 10.8. The number of fused-ring (bicyclic) bond motifs is 1. The van der Waals surface area contributed by atoms with Gasteiger partial charge >= 0.3 is 0 Å². The van der Waals surface area contributed by atoms with Crippen LogP contribution in [0.5, 0.6) is 0 Å². The van der Waals surface area contributed by atoms with Crippen molar-refractivity contribution in [3.8, 4) is 0 Å². The van der Waals surface area contributed by atoms with Crippen LogP contribution in [0.15, 0.2) is 24.5 Å². The summed E-state index contributed by atoms with van der Waals surface area (Å²) in [7, 11) is 0. The van der Waals surface area contributed by atoms with Gasteiger partial charge in [0.25, 0.3) is 0 Å². The number of carbonyl (C=O) groups is 1. The number of hydrogen-bond acceptors (Lipinski definition) is 3. The molecule has 96 valence electrons. The van der Waals surface area contributed by atoms with Crippen LogP contribution in [0.25, 0.3) is 5.65 Å². The quantitative estimate of drug-likeness (QED) is 0.846. The van der Waals surface area contributed by atoms with Crippen molar-refractivity contribution in [3.05, 3.63) is 30.1 Å². The maximum absolute atomic E-state index is 11.6. The Bertz CT molecular complexity index is 547. The SMILES string of the molecule is CCCCC(=O)Nc1cn2cc(CN)ccc2n1. The average molecular weight is 246 g/mol. The van der Waals surface area contributed by atoms with E-state index in [9.17, 15) is 4.79 Å². The van der Waals surface area contributed by atoms with Crippen LogP contribution >= 0.6 is 0 Å². The summed E-state index contributed by atoms with van der Waals surface area (Å²) < 4.78 is 1.87. The number of rotatable bonds is 5. The fourth-order valence-corrected chi connectivity index (χ4v) is 1.76. The van der Waals surface area contributed by atoms with Crippen LogP contribution in [0.3, 0.4) is 0 Å². The molecule has 0 saturated heterocycles. The number of nitrogens with two attached hydrogens (primary N) is 1. The van der Waals surface area contributed by atoms with Crippen LogP contribution in [0.1, 0.15) is 31.7 Å². The number of pyridine rings is 1. The number of aromatic nitrogens is 2. The predicted octanol–water partition coefficient (Wildman–Crippen LogP) is 1.92. The monoisotopic (exact) mass is 246 g/mol. The number of unbranched alkanes of at least 4 members (excludes halogenated alkanes) is 1. The first kappa shape index (κ1) is 12.6. The number of nitrogens with zero attached hydrogens (tertiary/aromatic N) is 2. The number of carbonyl (C=O) groups excluding carboxylic acids is 1. The lowest BCUT2D eigenvalue weighted by Gasteiger charge is -1.99. The van der Waals surface area contributed by atoms with Gasteiger partial charge in [-0.05, 0) is 18.1 Å². The van der Waals surface area contributed by atoms with Crippen LogP contribution in [-0.2, 0) is 11.3 Å². The Morgan fingerprint density at radius 3 is 3.00 bits per heavy atom. The molecule has 0 saturated carbocycles. The van der Waals surface area contributed by atoms with E-state index in [1.165, 1.54) is 0 Å². The van der Waals surface area contributed by atoms with Crippen molar-refractivity contribution >= 4 is 17.4 Å². The summed E-state index contributed by atoms with van der Waals surface area (Å²) in [6, 6.07) is 3.83. The maximum atomic E-state index is 11.6. The number of nitrogens with one attached hydrogen (secondary N) is 1. The largest absolute Gasteiger partial charge is 0.326 e. The number of hydrogen-bond donors (Lipinski definition) is 2. The van der Waals surface area contributed by atoms with Crippen molar-refractivity contribution in [2.75, 3.05) is 5.32 Å². The molecular formula is C13H18N4O. The summed E-state index contributed by atoms with van der Waals surface area (Å²) in [6.07, 6.45) is 6.18. The lowest BCUT2D eigenvalue weighted by molar-refractivity contribution is -0.116. The lowest BCUT2D eigenvalue weighted by Crippen LogP contribution is -2.10. The van der Waals surface area contributed by atoms with E-state index in [2.05, 4.69) is 17.2 Å². The highest BCUT2D eigenvalue weighted by atomic mass is 16.1. The summed E-state index contributed by atoms with van der Waals surface area (Å²) in [5.74, 6) is 0.601. The van der Waals surface area contributed by atoms with Crippen LogP contribution in [-0.4, -0.2) is 15.3 Å². The fourth-order valence-electron chi connectivity index (χ4n) is 1.76. The van der Waals surface area contributed by atoms with E-state index in [4.69, 9.17) is 5.73 Å². The molecule has 0 spiro atoms. The van der Waals surface area contributed by atoms with Gasteiger partial charge in [-0.2, -0.15) is 0 Å². The van der Waals surface area contributed by atoms with Crippen LogP contribution in [0.2, 0.25) is 0 Å². The number of imidazole rings is 1. The molecule has 0 aliphatic rings. The third kappa shape index (κ3) is 2.87. The molecule has 0 aliphatic heterocycles. The van der Waals surface area contributed by atoms with Gasteiger partial charge in [-0.3, -0.25) is 4.79 Å². The highest BCUT2D eigenvalue weighted by Crippen LogP contribution is 2.11. The van der Waals surface area contributed by atoms with Crippen LogP contribution in [0, 0.1) is 0 Å². The second-order valence-corrected chi connectivity index (χ2v) is 4.28. The van der Waals surface area contributed by atoms with Gasteiger partial charge in [-0.25, -0.2) is 4.98 Å². The van der Waals surface area contributed by atoms with E-state index in [-0.39, 0.29) is 5.91 Å². The average Bonchev–Trinajstić information content (AvgIpc) is 2.77. The van der Waals surface area contributed by atoms with E-state index < -0.39 is 0 Å². The molecule has 5 nitrogen and oxygen atoms in total. The van der Waals surface area contributed by atoms with Gasteiger partial charge in [-0.1, -0.05) is 19.4 Å². The Labute approximate surface area is 106 Å². The van der Waals surface area contributed by atoms with Crippen molar-refractivity contribution < 1.29 is 4.79 Å². The van der Waals surface area contributed by atoms with Gasteiger partial charge in [0.1, 0.15) is 5.65 Å². The minimum atomic E-state index is 0.0132. The van der Waals surface area contributed by atoms with Crippen LogP contribution in [0.4, 0.5) is 5.82 Å². The second kappa shape index (κ2) is 5.64. The molecule has 2 aromatic rings. The van der Waals surface area contributed by atoms with Gasteiger partial charge < -0.3 is 15.5 Å². The molecule has 2 rings (SSSR count). The van der Waals surface area contributed by atoms with Gasteiger partial charge in [0, 0.05) is 19.2 Å². The standard InChI is InChI=1S/C13H18N4O/c1-2-3-4-13(18)16-11-9-17-8-10(7-14)5-6-12(17)15-11/h5-6,8-9H,2-4,7,14H2,1H3,(H,16,18). The molecule has 18 heavy (non-hydrogen) atoms. The highest BCUT2D eigenvalue weighted by Gasteiger charge is 2.06. The number of amides is 1. The molecule has 1 amide bonds. The topological polar surface area (TPSA) is 72.4 Å². The first-order valence-corrected chi connectivity index (χ1v) is 6.20. The predicted molar refractivity (Wildman–Crippen MR) is 71.2 cm³/mol. The first-order valence-electron chi connectivity index (χ1n) is 6.20. The Morgan fingerprint density at radius 1 is 1.44 bits per heavy atom. The summed E-state index contributed by atoms with van der Waals surface area (Å²) in [6.45, 7) is 2.55. The molecule has 0 fully saturated rings. The molecule has 0 bridgehead atoms. The summed E-state index contributed by atoms with van der Waals surface area (Å²) in [5, 5.41) is 2.80. The van der Waals surface area contributed by atoms with Crippen molar-refractivity contribution in [1.29, 1.82) is 0 Å². The molecule has 3 N–H and O–H groups in total. The van der Waals surface area contributed by atoms with Crippen molar-refractivity contribution in [1.82, 2.24) is 9.38 Å². The van der Waals surface area contributed by atoms with Gasteiger partial charge in [-0.15, -0.1) is 0 Å². The Kier molecular flexibility index (Phi) is 3.94. The van der Waals surface area contributed by atoms with Gasteiger partial charge in [0.15, 0.2) is 5.82 Å². The minimum Gasteiger partial charge on any atom is -0.326 e. The third-order valence-electron chi connectivity index (χ3n) is 2.77. The Balaban J connectivity index is 2.12. The van der Waals surface area contributed by atoms with E-state index in [1.54, 1.807) is 6.20 Å². The summed E-state index contributed by atoms with van der Waals surface area (Å²) in [4.78, 5) is 15.9. The van der Waals surface area contributed by atoms with Gasteiger partial charge in [0.2, 0.25) is 5.91 Å².